The number of ether oxygens (including phenoxy) is 1. The van der Waals surface area contributed by atoms with Crippen molar-refractivity contribution in [1.29, 1.82) is 5.26 Å². The Balaban J connectivity index is 2.54. The minimum absolute atomic E-state index is 0.566. The van der Waals surface area contributed by atoms with Crippen LogP contribution in [-0.4, -0.2) is 31.7 Å². The van der Waals surface area contributed by atoms with E-state index < -0.39 is 0 Å². The molecule has 1 aromatic rings. The number of rotatable bonds is 8. The van der Waals surface area contributed by atoms with E-state index in [-0.39, 0.29) is 0 Å². The molecule has 0 fully saturated rings. The zero-order valence-electron chi connectivity index (χ0n) is 11.4. The smallest absolute Gasteiger partial charge is 0.0635 e. The summed E-state index contributed by atoms with van der Waals surface area (Å²) in [6.45, 7) is 5.42. The van der Waals surface area contributed by atoms with E-state index in [1.165, 1.54) is 11.1 Å². The summed E-state index contributed by atoms with van der Waals surface area (Å²) < 4.78 is 5.10. The topological polar surface area (TPSA) is 36.3 Å². The van der Waals surface area contributed by atoms with Crippen LogP contribution in [0, 0.1) is 11.3 Å². The first-order valence-electron chi connectivity index (χ1n) is 6.46. The monoisotopic (exact) mass is 246 g/mol. The van der Waals surface area contributed by atoms with Gasteiger partial charge in [-0.25, -0.2) is 0 Å². The van der Waals surface area contributed by atoms with Gasteiger partial charge in [-0.15, -0.1) is 0 Å². The third-order valence-electron chi connectivity index (χ3n) is 2.99. The van der Waals surface area contributed by atoms with Crippen LogP contribution in [0.2, 0.25) is 0 Å². The quantitative estimate of drug-likeness (QED) is 0.707. The number of methoxy groups -OCH3 is 1. The molecule has 0 amide bonds. The Bertz CT molecular complexity index is 367. The second-order valence-corrected chi connectivity index (χ2v) is 4.35. The Morgan fingerprint density at radius 3 is 2.39 bits per heavy atom. The molecule has 3 nitrogen and oxygen atoms in total. The maximum atomic E-state index is 8.67. The van der Waals surface area contributed by atoms with Crippen LogP contribution in [-0.2, 0) is 17.7 Å². The van der Waals surface area contributed by atoms with Crippen molar-refractivity contribution in [2.75, 3.05) is 26.8 Å². The number of hydrogen-bond donors (Lipinski definition) is 0. The third kappa shape index (κ3) is 5.31. The molecule has 0 aliphatic rings. The minimum Gasteiger partial charge on any atom is -0.383 e. The summed E-state index contributed by atoms with van der Waals surface area (Å²) in [6.07, 6.45) is 1.64. The molecule has 0 spiro atoms. The van der Waals surface area contributed by atoms with Gasteiger partial charge in [0.1, 0.15) is 0 Å². The Hall–Kier alpha value is -1.37. The molecule has 0 radical (unpaired) electrons. The fourth-order valence-corrected chi connectivity index (χ4v) is 1.84. The first-order valence-corrected chi connectivity index (χ1v) is 6.46. The Morgan fingerprint density at radius 1 is 1.17 bits per heavy atom. The van der Waals surface area contributed by atoms with Crippen molar-refractivity contribution in [1.82, 2.24) is 4.90 Å². The van der Waals surface area contributed by atoms with Crippen LogP contribution in [0.15, 0.2) is 24.3 Å². The van der Waals surface area contributed by atoms with Gasteiger partial charge in [-0.05, 0) is 17.5 Å². The van der Waals surface area contributed by atoms with Crippen molar-refractivity contribution in [3.8, 4) is 6.07 Å². The zero-order chi connectivity index (χ0) is 13.2. The average molecular weight is 246 g/mol. The lowest BCUT2D eigenvalue weighted by atomic mass is 10.1. The molecule has 0 saturated heterocycles. The Morgan fingerprint density at radius 2 is 1.83 bits per heavy atom. The second-order valence-electron chi connectivity index (χ2n) is 4.35. The number of nitriles is 1. The van der Waals surface area contributed by atoms with Crippen LogP contribution in [0.4, 0.5) is 0 Å². The van der Waals surface area contributed by atoms with Crippen LogP contribution in [0.5, 0.6) is 0 Å². The Kier molecular flexibility index (Phi) is 7.09. The zero-order valence-corrected chi connectivity index (χ0v) is 11.4. The summed E-state index contributed by atoms with van der Waals surface area (Å²) in [5, 5.41) is 8.67. The summed E-state index contributed by atoms with van der Waals surface area (Å²) in [4.78, 5) is 2.26. The van der Waals surface area contributed by atoms with Gasteiger partial charge in [0, 0.05) is 33.2 Å². The van der Waals surface area contributed by atoms with Gasteiger partial charge in [0.05, 0.1) is 12.7 Å². The van der Waals surface area contributed by atoms with Crippen molar-refractivity contribution in [3.05, 3.63) is 35.4 Å². The molecule has 0 aliphatic heterocycles. The lowest BCUT2D eigenvalue weighted by Gasteiger charge is -2.20. The molecule has 3 heteroatoms. The van der Waals surface area contributed by atoms with E-state index in [4.69, 9.17) is 10.00 Å². The molecular weight excluding hydrogens is 224 g/mol. The van der Waals surface area contributed by atoms with E-state index in [1.54, 1.807) is 7.11 Å². The molecule has 18 heavy (non-hydrogen) atoms. The lowest BCUT2D eigenvalue weighted by Crippen LogP contribution is -2.28. The van der Waals surface area contributed by atoms with Crippen LogP contribution >= 0.6 is 0 Å². The molecule has 98 valence electrons. The molecule has 0 atom stereocenters. The average Bonchev–Trinajstić information content (AvgIpc) is 2.42. The van der Waals surface area contributed by atoms with Gasteiger partial charge in [-0.2, -0.15) is 5.26 Å². The van der Waals surface area contributed by atoms with Gasteiger partial charge >= 0.3 is 0 Å². The summed E-state index contributed by atoms with van der Waals surface area (Å²) in [5.74, 6) is 0. The first kappa shape index (κ1) is 14.7. The van der Waals surface area contributed by atoms with Gasteiger partial charge in [0.25, 0.3) is 0 Å². The Labute approximate surface area is 110 Å². The van der Waals surface area contributed by atoms with Crippen molar-refractivity contribution in [3.63, 3.8) is 0 Å². The van der Waals surface area contributed by atoms with E-state index in [9.17, 15) is 0 Å². The van der Waals surface area contributed by atoms with Gasteiger partial charge in [0.15, 0.2) is 0 Å². The van der Waals surface area contributed by atoms with E-state index in [0.717, 1.165) is 26.1 Å². The van der Waals surface area contributed by atoms with Crippen molar-refractivity contribution in [2.45, 2.75) is 26.3 Å². The normalized spacial score (nSPS) is 10.6. The van der Waals surface area contributed by atoms with E-state index >= 15 is 0 Å². The minimum atomic E-state index is 0.566. The fourth-order valence-electron chi connectivity index (χ4n) is 1.84. The summed E-state index contributed by atoms with van der Waals surface area (Å²) in [6, 6.07) is 10.9. The highest BCUT2D eigenvalue weighted by Gasteiger charge is 2.05. The summed E-state index contributed by atoms with van der Waals surface area (Å²) in [5.41, 5.74) is 2.65. The molecule has 1 aromatic carbocycles. The van der Waals surface area contributed by atoms with E-state index in [0.29, 0.717) is 13.0 Å². The molecule has 0 aliphatic carbocycles. The molecule has 0 aromatic heterocycles. The predicted molar refractivity (Wildman–Crippen MR) is 73.2 cm³/mol. The highest BCUT2D eigenvalue weighted by Crippen LogP contribution is 2.08. The molecule has 1 rings (SSSR count). The molecule has 0 bridgehead atoms. The van der Waals surface area contributed by atoms with Gasteiger partial charge < -0.3 is 4.74 Å². The van der Waals surface area contributed by atoms with E-state index in [1.807, 2.05) is 0 Å². The SMILES string of the molecule is CCc1ccc(CN(CCC#N)CCOC)cc1. The number of aryl methyl sites for hydroxylation is 1. The third-order valence-corrected chi connectivity index (χ3v) is 2.99. The summed E-state index contributed by atoms with van der Waals surface area (Å²) in [7, 11) is 1.71. The van der Waals surface area contributed by atoms with Gasteiger partial charge in [-0.3, -0.25) is 4.90 Å². The largest absolute Gasteiger partial charge is 0.383 e. The van der Waals surface area contributed by atoms with Crippen LogP contribution in [0.3, 0.4) is 0 Å². The van der Waals surface area contributed by atoms with Crippen molar-refractivity contribution in [2.24, 2.45) is 0 Å². The number of benzene rings is 1. The lowest BCUT2D eigenvalue weighted by molar-refractivity contribution is 0.145. The van der Waals surface area contributed by atoms with Crippen LogP contribution in [0.1, 0.15) is 24.5 Å². The molecule has 0 N–H and O–H groups in total. The van der Waals surface area contributed by atoms with Crippen LogP contribution < -0.4 is 0 Å². The summed E-state index contributed by atoms with van der Waals surface area (Å²) >= 11 is 0. The first-order chi connectivity index (χ1) is 8.80. The number of hydrogen-bond acceptors (Lipinski definition) is 3. The van der Waals surface area contributed by atoms with Gasteiger partial charge in [0.2, 0.25) is 0 Å². The maximum Gasteiger partial charge on any atom is 0.0635 e. The molecule has 0 saturated carbocycles. The number of nitrogens with zero attached hydrogens (tertiary/aromatic N) is 2. The van der Waals surface area contributed by atoms with Crippen LogP contribution in [0.25, 0.3) is 0 Å². The van der Waals surface area contributed by atoms with Crippen molar-refractivity contribution < 1.29 is 4.74 Å². The van der Waals surface area contributed by atoms with Crippen molar-refractivity contribution >= 4 is 0 Å². The molecule has 0 unspecified atom stereocenters. The highest BCUT2D eigenvalue weighted by atomic mass is 16.5. The second kappa shape index (κ2) is 8.68. The maximum absolute atomic E-state index is 8.67. The molecular formula is C15H22N2O. The van der Waals surface area contributed by atoms with E-state index in [2.05, 4.69) is 42.2 Å². The predicted octanol–water partition coefficient (Wildman–Crippen LogP) is 2.61. The highest BCUT2D eigenvalue weighted by molar-refractivity contribution is 5.22. The standard InChI is InChI=1S/C15H22N2O/c1-3-14-5-7-15(8-6-14)13-17(10-4-9-16)11-12-18-2/h5-8H,3-4,10-13H2,1-2H3. The molecule has 0 heterocycles. The van der Waals surface area contributed by atoms with Gasteiger partial charge in [-0.1, -0.05) is 31.2 Å². The fraction of sp³-hybridized carbons (Fsp3) is 0.533.